The highest BCUT2D eigenvalue weighted by Gasteiger charge is 2.56. The lowest BCUT2D eigenvalue weighted by Gasteiger charge is -2.20. The van der Waals surface area contributed by atoms with Gasteiger partial charge in [-0.3, -0.25) is 4.90 Å². The number of aromatic nitrogens is 1. The van der Waals surface area contributed by atoms with Crippen LogP contribution in [0.1, 0.15) is 5.76 Å². The Kier molecular flexibility index (Phi) is 3.18. The van der Waals surface area contributed by atoms with Gasteiger partial charge < -0.3 is 14.2 Å². The van der Waals surface area contributed by atoms with Crippen LogP contribution in [0.25, 0.3) is 0 Å². The van der Waals surface area contributed by atoms with Gasteiger partial charge in [-0.2, -0.15) is 0 Å². The van der Waals surface area contributed by atoms with Gasteiger partial charge >= 0.3 is 6.09 Å². The van der Waals surface area contributed by atoms with Crippen LogP contribution in [0.4, 0.5) is 4.79 Å². The standard InChI is InChI=1S/C13H19N3O3/c1-15(5-9-3-4-14-19-9)6-10-11-7-16(8-12(10)11)13(17)18-2/h3-4,10-12H,5-8H2,1-2H3/t10?,11-,12+. The van der Waals surface area contributed by atoms with E-state index in [-0.39, 0.29) is 6.09 Å². The van der Waals surface area contributed by atoms with Gasteiger partial charge in [-0.15, -0.1) is 0 Å². The van der Waals surface area contributed by atoms with Gasteiger partial charge in [0.05, 0.1) is 19.9 Å². The normalized spacial score (nSPS) is 28.6. The molecule has 19 heavy (non-hydrogen) atoms. The summed E-state index contributed by atoms with van der Waals surface area (Å²) < 4.78 is 9.85. The molecule has 1 aromatic rings. The van der Waals surface area contributed by atoms with Crippen LogP contribution in [0.3, 0.4) is 0 Å². The monoisotopic (exact) mass is 265 g/mol. The van der Waals surface area contributed by atoms with Crippen molar-refractivity contribution < 1.29 is 14.1 Å². The Hall–Kier alpha value is -1.56. The van der Waals surface area contributed by atoms with E-state index in [0.717, 1.165) is 31.9 Å². The molecule has 0 N–H and O–H groups in total. The number of carbonyl (C=O) groups is 1. The highest BCUT2D eigenvalue weighted by atomic mass is 16.5. The number of likely N-dealkylation sites (tertiary alicyclic amines) is 1. The summed E-state index contributed by atoms with van der Waals surface area (Å²) in [4.78, 5) is 15.5. The molecule has 1 amide bonds. The molecule has 0 bridgehead atoms. The molecule has 0 radical (unpaired) electrons. The quantitative estimate of drug-likeness (QED) is 0.814. The fraction of sp³-hybridized carbons (Fsp3) is 0.692. The Morgan fingerprint density at radius 2 is 2.32 bits per heavy atom. The molecule has 1 aliphatic carbocycles. The van der Waals surface area contributed by atoms with Crippen LogP contribution in [0.2, 0.25) is 0 Å². The van der Waals surface area contributed by atoms with Gasteiger partial charge in [-0.25, -0.2) is 4.79 Å². The number of nitrogens with zero attached hydrogens (tertiary/aromatic N) is 3. The molecule has 1 saturated heterocycles. The Balaban J connectivity index is 1.44. The maximum absolute atomic E-state index is 11.4. The number of hydrogen-bond acceptors (Lipinski definition) is 5. The molecule has 1 aromatic heterocycles. The van der Waals surface area contributed by atoms with Crippen LogP contribution < -0.4 is 0 Å². The van der Waals surface area contributed by atoms with Crippen molar-refractivity contribution in [3.05, 3.63) is 18.0 Å². The van der Waals surface area contributed by atoms with Crippen molar-refractivity contribution in [3.8, 4) is 0 Å². The van der Waals surface area contributed by atoms with Crippen LogP contribution in [-0.4, -0.2) is 54.8 Å². The summed E-state index contributed by atoms with van der Waals surface area (Å²) >= 11 is 0. The van der Waals surface area contributed by atoms with E-state index in [4.69, 9.17) is 9.26 Å². The van der Waals surface area contributed by atoms with Crippen molar-refractivity contribution in [1.82, 2.24) is 15.0 Å². The number of amides is 1. The molecule has 0 aromatic carbocycles. The third-order valence-electron chi connectivity index (χ3n) is 4.24. The van der Waals surface area contributed by atoms with Gasteiger partial charge in [0.1, 0.15) is 0 Å². The maximum Gasteiger partial charge on any atom is 0.409 e. The molecule has 1 saturated carbocycles. The zero-order valence-corrected chi connectivity index (χ0v) is 11.3. The minimum Gasteiger partial charge on any atom is -0.453 e. The maximum atomic E-state index is 11.4. The molecule has 2 fully saturated rings. The molecule has 1 unspecified atom stereocenters. The third-order valence-corrected chi connectivity index (χ3v) is 4.24. The highest BCUT2D eigenvalue weighted by Crippen LogP contribution is 2.52. The first kappa shape index (κ1) is 12.5. The van der Waals surface area contributed by atoms with E-state index in [1.165, 1.54) is 7.11 Å². The Morgan fingerprint density at radius 1 is 1.58 bits per heavy atom. The second kappa shape index (κ2) is 4.85. The average Bonchev–Trinajstić information content (AvgIpc) is 2.84. The Morgan fingerprint density at radius 3 is 2.89 bits per heavy atom. The molecule has 0 spiro atoms. The average molecular weight is 265 g/mol. The van der Waals surface area contributed by atoms with Crippen molar-refractivity contribution >= 4 is 6.09 Å². The summed E-state index contributed by atoms with van der Waals surface area (Å²) in [5, 5.41) is 3.71. The summed E-state index contributed by atoms with van der Waals surface area (Å²) in [5.41, 5.74) is 0. The van der Waals surface area contributed by atoms with Crippen LogP contribution in [0.5, 0.6) is 0 Å². The van der Waals surface area contributed by atoms with Crippen molar-refractivity contribution in [3.63, 3.8) is 0 Å². The smallest absolute Gasteiger partial charge is 0.409 e. The molecule has 1 aliphatic heterocycles. The molecule has 2 heterocycles. The van der Waals surface area contributed by atoms with Gasteiger partial charge in [0.2, 0.25) is 0 Å². The number of fused-ring (bicyclic) bond motifs is 1. The molecule has 6 heteroatoms. The summed E-state index contributed by atoms with van der Waals surface area (Å²) in [6, 6.07) is 1.89. The first-order valence-corrected chi connectivity index (χ1v) is 6.60. The van der Waals surface area contributed by atoms with Crippen LogP contribution in [0, 0.1) is 17.8 Å². The SMILES string of the molecule is COC(=O)N1C[C@@H]2C(CN(C)Cc3ccno3)[C@@H]2C1. The van der Waals surface area contributed by atoms with E-state index in [1.807, 2.05) is 11.0 Å². The van der Waals surface area contributed by atoms with Gasteiger partial charge in [0, 0.05) is 25.7 Å². The minimum absolute atomic E-state index is 0.194. The molecular weight excluding hydrogens is 246 g/mol. The molecular formula is C13H19N3O3. The van der Waals surface area contributed by atoms with Gasteiger partial charge in [0.25, 0.3) is 0 Å². The first-order chi connectivity index (χ1) is 9.19. The number of rotatable bonds is 4. The Labute approximate surface area is 112 Å². The fourth-order valence-electron chi connectivity index (χ4n) is 3.21. The second-order valence-corrected chi connectivity index (χ2v) is 5.54. The molecule has 3 rings (SSSR count). The van der Waals surface area contributed by atoms with Crippen molar-refractivity contribution in [2.45, 2.75) is 6.54 Å². The van der Waals surface area contributed by atoms with E-state index in [9.17, 15) is 4.79 Å². The Bertz CT molecular complexity index is 436. The number of hydrogen-bond donors (Lipinski definition) is 0. The van der Waals surface area contributed by atoms with E-state index >= 15 is 0 Å². The first-order valence-electron chi connectivity index (χ1n) is 6.60. The van der Waals surface area contributed by atoms with Crippen LogP contribution in [0.15, 0.2) is 16.8 Å². The molecule has 3 atom stereocenters. The molecule has 6 nitrogen and oxygen atoms in total. The fourth-order valence-corrected chi connectivity index (χ4v) is 3.21. The van der Waals surface area contributed by atoms with Gasteiger partial charge in [-0.1, -0.05) is 5.16 Å². The van der Waals surface area contributed by atoms with Crippen molar-refractivity contribution in [1.29, 1.82) is 0 Å². The number of ether oxygens (including phenoxy) is 1. The number of piperidine rings is 1. The van der Waals surface area contributed by atoms with E-state index in [0.29, 0.717) is 17.8 Å². The van der Waals surface area contributed by atoms with Gasteiger partial charge in [-0.05, 0) is 24.8 Å². The lowest BCUT2D eigenvalue weighted by Crippen LogP contribution is -2.33. The second-order valence-electron chi connectivity index (χ2n) is 5.54. The van der Waals surface area contributed by atoms with E-state index < -0.39 is 0 Å². The highest BCUT2D eigenvalue weighted by molar-refractivity contribution is 5.68. The predicted octanol–water partition coefficient (Wildman–Crippen LogP) is 1.05. The largest absolute Gasteiger partial charge is 0.453 e. The number of carbonyl (C=O) groups excluding carboxylic acids is 1. The predicted molar refractivity (Wildman–Crippen MR) is 67.3 cm³/mol. The van der Waals surface area contributed by atoms with E-state index in [1.54, 1.807) is 6.20 Å². The summed E-state index contributed by atoms with van der Waals surface area (Å²) in [6.07, 6.45) is 1.48. The molecule has 104 valence electrons. The molecule has 2 aliphatic rings. The van der Waals surface area contributed by atoms with Crippen LogP contribution >= 0.6 is 0 Å². The third kappa shape index (κ3) is 2.45. The van der Waals surface area contributed by atoms with Crippen molar-refractivity contribution in [2.75, 3.05) is 33.8 Å². The summed E-state index contributed by atoms with van der Waals surface area (Å²) in [5.74, 6) is 2.89. The van der Waals surface area contributed by atoms with Gasteiger partial charge in [0.15, 0.2) is 5.76 Å². The minimum atomic E-state index is -0.194. The summed E-state index contributed by atoms with van der Waals surface area (Å²) in [7, 11) is 3.53. The zero-order chi connectivity index (χ0) is 13.4. The topological polar surface area (TPSA) is 58.8 Å². The lowest BCUT2D eigenvalue weighted by atomic mass is 10.2. The van der Waals surface area contributed by atoms with Crippen LogP contribution in [-0.2, 0) is 11.3 Å². The number of methoxy groups -OCH3 is 1. The summed E-state index contributed by atoms with van der Waals surface area (Å²) in [6.45, 7) is 3.53. The zero-order valence-electron chi connectivity index (χ0n) is 11.3. The van der Waals surface area contributed by atoms with Crippen molar-refractivity contribution in [2.24, 2.45) is 17.8 Å². The van der Waals surface area contributed by atoms with E-state index in [2.05, 4.69) is 17.1 Å². The lowest BCUT2D eigenvalue weighted by molar-refractivity contribution is 0.125.